The van der Waals surface area contributed by atoms with E-state index in [-0.39, 0.29) is 0 Å². The summed E-state index contributed by atoms with van der Waals surface area (Å²) < 4.78 is 0.993. The summed E-state index contributed by atoms with van der Waals surface area (Å²) in [5, 5.41) is 3.32. The number of nitrogen functional groups attached to an aromatic ring is 1. The summed E-state index contributed by atoms with van der Waals surface area (Å²) in [5.74, 6) is 2.03. The van der Waals surface area contributed by atoms with Crippen molar-refractivity contribution < 1.29 is 0 Å². The van der Waals surface area contributed by atoms with Crippen molar-refractivity contribution >= 4 is 33.3 Å². The number of aryl methyl sites for hydroxylation is 2. The van der Waals surface area contributed by atoms with Gasteiger partial charge >= 0.3 is 0 Å². The lowest BCUT2D eigenvalue weighted by Gasteiger charge is -2.13. The van der Waals surface area contributed by atoms with E-state index in [1.54, 1.807) is 0 Å². The molecular formula is C14H17BrN4. The van der Waals surface area contributed by atoms with Gasteiger partial charge in [-0.3, -0.25) is 0 Å². The molecule has 0 spiro atoms. The molecule has 0 amide bonds. The molecule has 0 bridgehead atoms. The fraction of sp³-hybridized carbons (Fsp3) is 0.286. The number of rotatable bonds is 3. The fourth-order valence-electron chi connectivity index (χ4n) is 1.72. The van der Waals surface area contributed by atoms with E-state index in [4.69, 9.17) is 5.73 Å². The maximum Gasteiger partial charge on any atom is 0.139 e. The Bertz CT molecular complexity index is 611. The van der Waals surface area contributed by atoms with E-state index in [9.17, 15) is 0 Å². The molecule has 2 rings (SSSR count). The highest BCUT2D eigenvalue weighted by atomic mass is 79.9. The lowest BCUT2D eigenvalue weighted by molar-refractivity contribution is 0.940. The molecule has 19 heavy (non-hydrogen) atoms. The third kappa shape index (κ3) is 3.04. The SMILES string of the molecule is CCc1nc(N)c(C)c(Nc2cc(C)ccc2Br)n1. The molecule has 0 saturated carbocycles. The number of nitrogens with two attached hydrogens (primary N) is 1. The van der Waals surface area contributed by atoms with Crippen LogP contribution in [0.5, 0.6) is 0 Å². The van der Waals surface area contributed by atoms with Crippen LogP contribution >= 0.6 is 15.9 Å². The Balaban J connectivity index is 2.42. The Hall–Kier alpha value is -1.62. The molecule has 0 unspecified atom stereocenters. The number of halogens is 1. The molecule has 1 heterocycles. The number of nitrogens with zero attached hydrogens (tertiary/aromatic N) is 2. The van der Waals surface area contributed by atoms with Crippen LogP contribution in [0.3, 0.4) is 0 Å². The minimum atomic E-state index is 0.526. The van der Waals surface area contributed by atoms with Crippen LogP contribution in [0.2, 0.25) is 0 Å². The van der Waals surface area contributed by atoms with Crippen LogP contribution in [-0.4, -0.2) is 9.97 Å². The third-order valence-electron chi connectivity index (χ3n) is 2.92. The molecule has 5 heteroatoms. The van der Waals surface area contributed by atoms with E-state index in [1.165, 1.54) is 5.56 Å². The maximum atomic E-state index is 5.92. The van der Waals surface area contributed by atoms with Gasteiger partial charge in [0, 0.05) is 16.5 Å². The van der Waals surface area contributed by atoms with Gasteiger partial charge < -0.3 is 11.1 Å². The molecule has 2 aromatic rings. The Kier molecular flexibility index (Phi) is 4.04. The van der Waals surface area contributed by atoms with E-state index < -0.39 is 0 Å². The van der Waals surface area contributed by atoms with Crippen LogP contribution in [-0.2, 0) is 6.42 Å². The van der Waals surface area contributed by atoms with Gasteiger partial charge in [0.15, 0.2) is 0 Å². The maximum absolute atomic E-state index is 5.92. The summed E-state index contributed by atoms with van der Waals surface area (Å²) in [6.07, 6.45) is 0.758. The van der Waals surface area contributed by atoms with E-state index in [0.29, 0.717) is 5.82 Å². The molecule has 0 atom stereocenters. The zero-order valence-electron chi connectivity index (χ0n) is 11.3. The highest BCUT2D eigenvalue weighted by Crippen LogP contribution is 2.28. The quantitative estimate of drug-likeness (QED) is 0.904. The molecule has 0 saturated heterocycles. The highest BCUT2D eigenvalue weighted by Gasteiger charge is 2.09. The standard InChI is InChI=1S/C14H17BrN4/c1-4-12-18-13(16)9(3)14(19-12)17-11-7-8(2)5-6-10(11)15/h5-7H,4H2,1-3H3,(H3,16,17,18,19). The number of hydrogen-bond donors (Lipinski definition) is 2. The summed E-state index contributed by atoms with van der Waals surface area (Å²) in [4.78, 5) is 8.74. The lowest BCUT2D eigenvalue weighted by atomic mass is 10.2. The summed E-state index contributed by atoms with van der Waals surface area (Å²) in [6.45, 7) is 5.98. The first kappa shape index (κ1) is 13.8. The monoisotopic (exact) mass is 320 g/mol. The number of anilines is 3. The van der Waals surface area contributed by atoms with E-state index in [0.717, 1.165) is 33.8 Å². The smallest absolute Gasteiger partial charge is 0.139 e. The number of nitrogens with one attached hydrogen (secondary N) is 1. The lowest BCUT2D eigenvalue weighted by Crippen LogP contribution is -2.06. The molecule has 0 fully saturated rings. The molecule has 1 aromatic heterocycles. The predicted molar refractivity (Wildman–Crippen MR) is 82.7 cm³/mol. The van der Waals surface area contributed by atoms with Crippen molar-refractivity contribution in [3.05, 3.63) is 39.6 Å². The summed E-state index contributed by atoms with van der Waals surface area (Å²) in [6, 6.07) is 6.12. The summed E-state index contributed by atoms with van der Waals surface area (Å²) in [5.41, 5.74) is 8.94. The van der Waals surface area contributed by atoms with Gasteiger partial charge in [-0.1, -0.05) is 13.0 Å². The number of aromatic nitrogens is 2. The van der Waals surface area contributed by atoms with Gasteiger partial charge in [-0.25, -0.2) is 9.97 Å². The van der Waals surface area contributed by atoms with Crippen molar-refractivity contribution in [2.45, 2.75) is 27.2 Å². The van der Waals surface area contributed by atoms with Gasteiger partial charge in [0.05, 0.1) is 5.69 Å². The molecule has 100 valence electrons. The number of benzene rings is 1. The number of hydrogen-bond acceptors (Lipinski definition) is 4. The van der Waals surface area contributed by atoms with Crippen molar-refractivity contribution in [3.8, 4) is 0 Å². The third-order valence-corrected chi connectivity index (χ3v) is 3.61. The average Bonchev–Trinajstić information content (AvgIpc) is 2.38. The van der Waals surface area contributed by atoms with Crippen LogP contribution in [0.1, 0.15) is 23.9 Å². The zero-order valence-corrected chi connectivity index (χ0v) is 12.9. The van der Waals surface area contributed by atoms with Crippen LogP contribution in [0.4, 0.5) is 17.3 Å². The molecule has 0 aliphatic heterocycles. The molecule has 0 aliphatic carbocycles. The van der Waals surface area contributed by atoms with E-state index in [1.807, 2.05) is 26.0 Å². The van der Waals surface area contributed by atoms with Gasteiger partial charge in [0.2, 0.25) is 0 Å². The first-order valence-electron chi connectivity index (χ1n) is 6.17. The van der Waals surface area contributed by atoms with Crippen LogP contribution < -0.4 is 11.1 Å². The first-order chi connectivity index (χ1) is 9.01. The van der Waals surface area contributed by atoms with E-state index >= 15 is 0 Å². The van der Waals surface area contributed by atoms with Crippen molar-refractivity contribution in [1.29, 1.82) is 0 Å². The van der Waals surface area contributed by atoms with Crippen LogP contribution in [0.25, 0.3) is 0 Å². The summed E-state index contributed by atoms with van der Waals surface area (Å²) >= 11 is 3.53. The Morgan fingerprint density at radius 3 is 2.68 bits per heavy atom. The Labute approximate surface area is 121 Å². The second-order valence-electron chi connectivity index (χ2n) is 4.46. The van der Waals surface area contributed by atoms with Crippen molar-refractivity contribution in [2.24, 2.45) is 0 Å². The summed E-state index contributed by atoms with van der Waals surface area (Å²) in [7, 11) is 0. The van der Waals surface area contributed by atoms with Gasteiger partial charge in [0.25, 0.3) is 0 Å². The minimum absolute atomic E-state index is 0.526. The highest BCUT2D eigenvalue weighted by molar-refractivity contribution is 9.10. The van der Waals surface area contributed by atoms with Crippen molar-refractivity contribution in [1.82, 2.24) is 9.97 Å². The molecule has 1 aromatic carbocycles. The zero-order chi connectivity index (χ0) is 14.0. The average molecular weight is 321 g/mol. The van der Waals surface area contributed by atoms with Crippen LogP contribution in [0, 0.1) is 13.8 Å². The second kappa shape index (κ2) is 5.57. The largest absolute Gasteiger partial charge is 0.383 e. The van der Waals surface area contributed by atoms with Gasteiger partial charge in [-0.2, -0.15) is 0 Å². The second-order valence-corrected chi connectivity index (χ2v) is 5.31. The fourth-order valence-corrected chi connectivity index (χ4v) is 2.07. The predicted octanol–water partition coefficient (Wildman–Crippen LogP) is 3.74. The van der Waals surface area contributed by atoms with Gasteiger partial charge in [0.1, 0.15) is 17.5 Å². The van der Waals surface area contributed by atoms with E-state index in [2.05, 4.69) is 44.2 Å². The Morgan fingerprint density at radius 2 is 2.00 bits per heavy atom. The van der Waals surface area contributed by atoms with Crippen molar-refractivity contribution in [3.63, 3.8) is 0 Å². The van der Waals surface area contributed by atoms with Gasteiger partial charge in [-0.15, -0.1) is 0 Å². The van der Waals surface area contributed by atoms with Crippen LogP contribution in [0.15, 0.2) is 22.7 Å². The van der Waals surface area contributed by atoms with Crippen molar-refractivity contribution in [2.75, 3.05) is 11.1 Å². The van der Waals surface area contributed by atoms with Gasteiger partial charge in [-0.05, 0) is 47.5 Å². The molecular weight excluding hydrogens is 304 g/mol. The first-order valence-corrected chi connectivity index (χ1v) is 6.96. The molecule has 0 radical (unpaired) electrons. The molecule has 3 N–H and O–H groups in total. The Morgan fingerprint density at radius 1 is 1.26 bits per heavy atom. The molecule has 0 aliphatic rings. The normalized spacial score (nSPS) is 10.5. The topological polar surface area (TPSA) is 63.8 Å². The molecule has 4 nitrogen and oxygen atoms in total. The minimum Gasteiger partial charge on any atom is -0.383 e.